The van der Waals surface area contributed by atoms with E-state index in [1.807, 2.05) is 6.92 Å². The zero-order valence-corrected chi connectivity index (χ0v) is 17.0. The van der Waals surface area contributed by atoms with Gasteiger partial charge in [-0.15, -0.1) is 0 Å². The van der Waals surface area contributed by atoms with Gasteiger partial charge in [-0.2, -0.15) is 0 Å². The number of rotatable bonds is 9. The first kappa shape index (κ1) is 20.7. The maximum atomic E-state index is 13.0. The summed E-state index contributed by atoms with van der Waals surface area (Å²) in [7, 11) is 0. The van der Waals surface area contributed by atoms with Crippen molar-refractivity contribution in [2.45, 2.75) is 77.7 Å². The molecule has 152 valence electrons. The fourth-order valence-electron chi connectivity index (χ4n) is 4.38. The number of nitrogens with one attached hydrogen (secondary N) is 1. The van der Waals surface area contributed by atoms with Crippen molar-refractivity contribution in [2.24, 2.45) is 17.3 Å². The lowest BCUT2D eigenvalue weighted by Crippen LogP contribution is -2.41. The van der Waals surface area contributed by atoms with Crippen LogP contribution in [0.3, 0.4) is 0 Å². The van der Waals surface area contributed by atoms with Crippen molar-refractivity contribution in [3.05, 3.63) is 23.8 Å². The van der Waals surface area contributed by atoms with Gasteiger partial charge in [-0.1, -0.05) is 44.8 Å². The fourth-order valence-corrected chi connectivity index (χ4v) is 4.38. The normalized spacial score (nSPS) is 23.1. The summed E-state index contributed by atoms with van der Waals surface area (Å²) < 4.78 is 0. The molecule has 0 aliphatic heterocycles. The Kier molecular flexibility index (Phi) is 6.31. The second kappa shape index (κ2) is 8.54. The Hall–Kier alpha value is -2.04. The molecule has 0 radical (unpaired) electrons. The lowest BCUT2D eigenvalue weighted by molar-refractivity contribution is -0.133. The minimum absolute atomic E-state index is 0.0599. The maximum absolute atomic E-state index is 13.0. The highest BCUT2D eigenvalue weighted by Gasteiger charge is 2.48. The molecule has 0 saturated heterocycles. The zero-order valence-electron chi connectivity index (χ0n) is 17.0. The molecule has 0 aromatic carbocycles. The number of hydrogen-bond donors (Lipinski definition) is 1. The average molecular weight is 386 g/mol. The van der Waals surface area contributed by atoms with Crippen molar-refractivity contribution >= 4 is 23.3 Å². The molecule has 2 saturated carbocycles. The zero-order chi connectivity index (χ0) is 20.3. The van der Waals surface area contributed by atoms with Gasteiger partial charge in [0.05, 0.1) is 6.04 Å². The van der Waals surface area contributed by atoms with Gasteiger partial charge < -0.3 is 5.32 Å². The minimum Gasteiger partial charge on any atom is -0.343 e. The van der Waals surface area contributed by atoms with Crippen LogP contribution in [0, 0.1) is 17.3 Å². The number of ketones is 3. The first-order valence-corrected chi connectivity index (χ1v) is 10.6. The van der Waals surface area contributed by atoms with Gasteiger partial charge in [-0.25, -0.2) is 0 Å². The van der Waals surface area contributed by atoms with Gasteiger partial charge in [0, 0.05) is 29.7 Å². The molecule has 3 aliphatic rings. The Bertz CT molecular complexity index is 723. The van der Waals surface area contributed by atoms with Crippen molar-refractivity contribution in [3.63, 3.8) is 0 Å². The van der Waals surface area contributed by atoms with Gasteiger partial charge in [0.2, 0.25) is 5.91 Å². The summed E-state index contributed by atoms with van der Waals surface area (Å²) in [6.07, 6.45) is 12.2. The standard InChI is InChI=1S/C23H31NO4/c1-15(24-22(28)17-8-5-9-19(25)13-17)20(26)14-18(12-16-6-3-4-7-16)21(27)23(2)10-11-23/h5,8-9,15-16,18H,3-4,6-7,10-14H2,1-2H3,(H,24,28). The summed E-state index contributed by atoms with van der Waals surface area (Å²) in [6, 6.07) is -0.666. The van der Waals surface area contributed by atoms with Crippen molar-refractivity contribution in [2.75, 3.05) is 0 Å². The van der Waals surface area contributed by atoms with Gasteiger partial charge >= 0.3 is 0 Å². The molecule has 0 heterocycles. The minimum atomic E-state index is -0.666. The number of hydrogen-bond acceptors (Lipinski definition) is 4. The topological polar surface area (TPSA) is 80.3 Å². The molecular weight excluding hydrogens is 354 g/mol. The van der Waals surface area contributed by atoms with Crippen molar-refractivity contribution in [1.82, 2.24) is 5.32 Å². The third kappa shape index (κ3) is 5.06. The summed E-state index contributed by atoms with van der Waals surface area (Å²) in [4.78, 5) is 49.6. The van der Waals surface area contributed by atoms with Crippen LogP contribution in [0.15, 0.2) is 23.8 Å². The van der Waals surface area contributed by atoms with E-state index in [1.165, 1.54) is 18.9 Å². The monoisotopic (exact) mass is 385 g/mol. The lowest BCUT2D eigenvalue weighted by Gasteiger charge is -2.24. The van der Waals surface area contributed by atoms with E-state index >= 15 is 0 Å². The molecule has 1 amide bonds. The predicted octanol–water partition coefficient (Wildman–Crippen LogP) is 3.47. The molecule has 0 aromatic rings. The maximum Gasteiger partial charge on any atom is 0.248 e. The van der Waals surface area contributed by atoms with Crippen LogP contribution in [0.25, 0.3) is 0 Å². The number of carbonyl (C=O) groups excluding carboxylic acids is 4. The van der Waals surface area contributed by atoms with Crippen LogP contribution in [-0.2, 0) is 19.2 Å². The van der Waals surface area contributed by atoms with Crippen molar-refractivity contribution < 1.29 is 19.2 Å². The third-order valence-electron chi connectivity index (χ3n) is 6.57. The molecule has 0 spiro atoms. The average Bonchev–Trinajstić information content (AvgIpc) is 3.20. The Morgan fingerprint density at radius 2 is 1.89 bits per heavy atom. The van der Waals surface area contributed by atoms with Gasteiger partial charge in [0.25, 0.3) is 0 Å². The predicted molar refractivity (Wildman–Crippen MR) is 106 cm³/mol. The number of amides is 1. The van der Waals surface area contributed by atoms with Gasteiger partial charge in [-0.3, -0.25) is 19.2 Å². The van der Waals surface area contributed by atoms with Crippen LogP contribution in [0.4, 0.5) is 0 Å². The quantitative estimate of drug-likeness (QED) is 0.659. The van der Waals surface area contributed by atoms with Crippen molar-refractivity contribution in [3.8, 4) is 0 Å². The largest absolute Gasteiger partial charge is 0.343 e. The first-order valence-electron chi connectivity index (χ1n) is 10.6. The molecule has 3 rings (SSSR count). The molecule has 5 nitrogen and oxygen atoms in total. The molecular formula is C23H31NO4. The second-order valence-corrected chi connectivity index (χ2v) is 9.07. The van der Waals surface area contributed by atoms with Gasteiger partial charge in [-0.05, 0) is 38.2 Å². The van der Waals surface area contributed by atoms with Crippen molar-refractivity contribution in [1.29, 1.82) is 0 Å². The van der Waals surface area contributed by atoms with E-state index in [4.69, 9.17) is 0 Å². The lowest BCUT2D eigenvalue weighted by atomic mass is 9.80. The van der Waals surface area contributed by atoms with Gasteiger partial charge in [0.1, 0.15) is 5.78 Å². The Labute approximate surface area is 167 Å². The van der Waals surface area contributed by atoms with E-state index in [0.29, 0.717) is 11.5 Å². The van der Waals surface area contributed by atoms with Crippen LogP contribution in [-0.4, -0.2) is 29.3 Å². The summed E-state index contributed by atoms with van der Waals surface area (Å²) in [6.45, 7) is 3.67. The molecule has 1 N–H and O–H groups in total. The van der Waals surface area contributed by atoms with Crippen LogP contribution < -0.4 is 5.32 Å². The smallest absolute Gasteiger partial charge is 0.248 e. The second-order valence-electron chi connectivity index (χ2n) is 9.07. The molecule has 0 aromatic heterocycles. The molecule has 2 fully saturated rings. The fraction of sp³-hybridized carbons (Fsp3) is 0.652. The summed E-state index contributed by atoms with van der Waals surface area (Å²) in [5.41, 5.74) is 0.131. The number of allylic oxidation sites excluding steroid dienone is 3. The van der Waals surface area contributed by atoms with Crippen LogP contribution in [0.2, 0.25) is 0 Å². The Morgan fingerprint density at radius 1 is 1.21 bits per heavy atom. The van der Waals surface area contributed by atoms with Crippen LogP contribution in [0.1, 0.15) is 71.6 Å². The van der Waals surface area contributed by atoms with E-state index in [1.54, 1.807) is 19.1 Å². The summed E-state index contributed by atoms with van der Waals surface area (Å²) >= 11 is 0. The Balaban J connectivity index is 1.59. The highest BCUT2D eigenvalue weighted by atomic mass is 16.2. The highest BCUT2D eigenvalue weighted by molar-refractivity contribution is 6.05. The van der Waals surface area contributed by atoms with Crippen LogP contribution in [0.5, 0.6) is 0 Å². The Morgan fingerprint density at radius 3 is 2.50 bits per heavy atom. The van der Waals surface area contributed by atoms with Crippen LogP contribution >= 0.6 is 0 Å². The van der Waals surface area contributed by atoms with E-state index < -0.39 is 6.04 Å². The molecule has 3 aliphatic carbocycles. The van der Waals surface area contributed by atoms with Gasteiger partial charge in [0.15, 0.2) is 11.6 Å². The molecule has 2 unspecified atom stereocenters. The molecule has 5 heteroatoms. The molecule has 28 heavy (non-hydrogen) atoms. The third-order valence-corrected chi connectivity index (χ3v) is 6.57. The summed E-state index contributed by atoms with van der Waals surface area (Å²) in [5.74, 6) is -0.0674. The molecule has 0 bridgehead atoms. The highest BCUT2D eigenvalue weighted by Crippen LogP contribution is 2.49. The van der Waals surface area contributed by atoms with E-state index in [0.717, 1.165) is 32.1 Å². The van der Waals surface area contributed by atoms with E-state index in [9.17, 15) is 19.2 Å². The number of carbonyl (C=O) groups is 4. The van der Waals surface area contributed by atoms with E-state index in [2.05, 4.69) is 5.32 Å². The first-order chi connectivity index (χ1) is 13.3. The summed E-state index contributed by atoms with van der Waals surface area (Å²) in [5, 5.41) is 2.71. The SMILES string of the molecule is CC(NC(=O)C1=CC=CC(=O)C1)C(=O)CC(CC1CCCC1)C(=O)C1(C)CC1. The molecule has 2 atom stereocenters. The van der Waals surface area contributed by atoms with E-state index in [-0.39, 0.29) is 47.4 Å². The number of Topliss-reactive ketones (excluding diaryl/α,β-unsaturated/α-hetero) is 2.